The smallest absolute Gasteiger partial charge is 0.234 e. The molecule has 2 rings (SSSR count). The molecule has 4 nitrogen and oxygen atoms in total. The molecule has 0 saturated heterocycles. The lowest BCUT2D eigenvalue weighted by Gasteiger charge is -2.27. The lowest BCUT2D eigenvalue weighted by atomic mass is 10.0. The molecular weight excluding hydrogens is 270 g/mol. The fourth-order valence-corrected chi connectivity index (χ4v) is 2.39. The topological polar surface area (TPSA) is 58.4 Å². The molecule has 1 fully saturated rings. The van der Waals surface area contributed by atoms with Crippen molar-refractivity contribution in [1.29, 1.82) is 0 Å². The standard InChI is InChI=1S/C15H21N3OS/c1-18(10-15(19)17-12-7-8-12)13(9-14(16)20)11-5-3-2-4-6-11/h2-6,12-13H,7-10H2,1H3,(H2,16,20)(H,17,19). The highest BCUT2D eigenvalue weighted by Crippen LogP contribution is 2.23. The van der Waals surface area contributed by atoms with Crippen molar-refractivity contribution >= 4 is 23.1 Å². The molecule has 0 bridgehead atoms. The number of rotatable bonds is 7. The predicted octanol–water partition coefficient (Wildman–Crippen LogP) is 1.61. The first-order valence-corrected chi connectivity index (χ1v) is 7.30. The Morgan fingerprint density at radius 3 is 2.65 bits per heavy atom. The van der Waals surface area contributed by atoms with Crippen molar-refractivity contribution in [2.75, 3.05) is 13.6 Å². The van der Waals surface area contributed by atoms with Gasteiger partial charge >= 0.3 is 0 Å². The van der Waals surface area contributed by atoms with Gasteiger partial charge in [0, 0.05) is 18.5 Å². The first-order chi connectivity index (χ1) is 9.56. The predicted molar refractivity (Wildman–Crippen MR) is 84.4 cm³/mol. The minimum Gasteiger partial charge on any atom is -0.393 e. The Balaban J connectivity index is 2.01. The number of amides is 1. The lowest BCUT2D eigenvalue weighted by Crippen LogP contribution is -2.39. The van der Waals surface area contributed by atoms with Crippen molar-refractivity contribution in [3.63, 3.8) is 0 Å². The third-order valence-corrected chi connectivity index (χ3v) is 3.61. The van der Waals surface area contributed by atoms with Crippen LogP contribution in [-0.2, 0) is 4.79 Å². The molecular formula is C15H21N3OS. The molecule has 5 heteroatoms. The fourth-order valence-electron chi connectivity index (χ4n) is 2.23. The quantitative estimate of drug-likeness (QED) is 0.750. The van der Waals surface area contributed by atoms with Crippen LogP contribution in [-0.4, -0.2) is 35.4 Å². The summed E-state index contributed by atoms with van der Waals surface area (Å²) in [5.41, 5.74) is 6.82. The van der Waals surface area contributed by atoms with Gasteiger partial charge in [-0.1, -0.05) is 42.5 Å². The van der Waals surface area contributed by atoms with E-state index in [9.17, 15) is 4.79 Å². The Kier molecular flexibility index (Phi) is 5.09. The normalized spacial score (nSPS) is 15.9. The van der Waals surface area contributed by atoms with Crippen molar-refractivity contribution in [2.45, 2.75) is 31.3 Å². The van der Waals surface area contributed by atoms with E-state index in [1.165, 1.54) is 0 Å². The zero-order valence-corrected chi connectivity index (χ0v) is 12.5. The fraction of sp³-hybridized carbons (Fsp3) is 0.467. The van der Waals surface area contributed by atoms with Gasteiger partial charge in [-0.3, -0.25) is 9.69 Å². The summed E-state index contributed by atoms with van der Waals surface area (Å²) < 4.78 is 0. The van der Waals surface area contributed by atoms with Gasteiger partial charge in [0.2, 0.25) is 5.91 Å². The summed E-state index contributed by atoms with van der Waals surface area (Å²) in [6.45, 7) is 0.360. The molecule has 0 spiro atoms. The average Bonchev–Trinajstić information content (AvgIpc) is 3.20. The SMILES string of the molecule is CN(CC(=O)NC1CC1)C(CC(N)=S)c1ccccc1. The number of nitrogens with zero attached hydrogens (tertiary/aromatic N) is 1. The summed E-state index contributed by atoms with van der Waals surface area (Å²) in [7, 11) is 1.93. The minimum absolute atomic E-state index is 0.0404. The molecule has 1 unspecified atom stereocenters. The molecule has 0 heterocycles. The van der Waals surface area contributed by atoms with Crippen molar-refractivity contribution in [3.05, 3.63) is 35.9 Å². The maximum absolute atomic E-state index is 11.9. The first kappa shape index (κ1) is 14.9. The number of carbonyl (C=O) groups excluding carboxylic acids is 1. The van der Waals surface area contributed by atoms with Crippen LogP contribution in [0.3, 0.4) is 0 Å². The average molecular weight is 291 g/mol. The molecule has 1 amide bonds. The van der Waals surface area contributed by atoms with E-state index < -0.39 is 0 Å². The number of hydrogen-bond acceptors (Lipinski definition) is 3. The van der Waals surface area contributed by atoms with Gasteiger partial charge in [0.25, 0.3) is 0 Å². The molecule has 0 aliphatic heterocycles. The van der Waals surface area contributed by atoms with Gasteiger partial charge in [-0.15, -0.1) is 0 Å². The van der Waals surface area contributed by atoms with Crippen LogP contribution in [0.1, 0.15) is 30.9 Å². The molecule has 0 aromatic heterocycles. The number of nitrogens with two attached hydrogens (primary N) is 1. The molecule has 1 atom stereocenters. The van der Waals surface area contributed by atoms with Crippen LogP contribution in [0.4, 0.5) is 0 Å². The van der Waals surface area contributed by atoms with E-state index in [2.05, 4.69) is 5.32 Å². The van der Waals surface area contributed by atoms with Crippen molar-refractivity contribution in [2.24, 2.45) is 5.73 Å². The van der Waals surface area contributed by atoms with Crippen LogP contribution in [0.5, 0.6) is 0 Å². The highest BCUT2D eigenvalue weighted by Gasteiger charge is 2.25. The molecule has 1 saturated carbocycles. The van der Waals surface area contributed by atoms with E-state index in [0.717, 1.165) is 18.4 Å². The second-order valence-corrected chi connectivity index (χ2v) is 5.88. The Hall–Kier alpha value is -1.46. The summed E-state index contributed by atoms with van der Waals surface area (Å²) in [5, 5.41) is 3.00. The first-order valence-electron chi connectivity index (χ1n) is 6.89. The van der Waals surface area contributed by atoms with Gasteiger partial charge < -0.3 is 11.1 Å². The molecule has 1 aliphatic rings. The van der Waals surface area contributed by atoms with Crippen LogP contribution < -0.4 is 11.1 Å². The molecule has 20 heavy (non-hydrogen) atoms. The monoisotopic (exact) mass is 291 g/mol. The molecule has 0 radical (unpaired) electrons. The number of thiocarbonyl (C=S) groups is 1. The van der Waals surface area contributed by atoms with Gasteiger partial charge in [-0.25, -0.2) is 0 Å². The minimum atomic E-state index is 0.0404. The Morgan fingerprint density at radius 2 is 2.10 bits per heavy atom. The Labute approximate surface area is 125 Å². The lowest BCUT2D eigenvalue weighted by molar-refractivity contribution is -0.122. The number of hydrogen-bond donors (Lipinski definition) is 2. The van der Waals surface area contributed by atoms with Gasteiger partial charge in [0.15, 0.2) is 0 Å². The molecule has 108 valence electrons. The number of benzene rings is 1. The largest absolute Gasteiger partial charge is 0.393 e. The molecule has 1 aliphatic carbocycles. The highest BCUT2D eigenvalue weighted by molar-refractivity contribution is 7.80. The maximum Gasteiger partial charge on any atom is 0.234 e. The van der Waals surface area contributed by atoms with E-state index >= 15 is 0 Å². The summed E-state index contributed by atoms with van der Waals surface area (Å²) in [6, 6.07) is 10.5. The highest BCUT2D eigenvalue weighted by atomic mass is 32.1. The van der Waals surface area contributed by atoms with E-state index in [1.54, 1.807) is 0 Å². The van der Waals surface area contributed by atoms with Crippen LogP contribution >= 0.6 is 12.2 Å². The van der Waals surface area contributed by atoms with Gasteiger partial charge in [-0.05, 0) is 25.5 Å². The van der Waals surface area contributed by atoms with E-state index in [0.29, 0.717) is 24.0 Å². The van der Waals surface area contributed by atoms with Gasteiger partial charge in [0.1, 0.15) is 0 Å². The number of nitrogens with one attached hydrogen (secondary N) is 1. The summed E-state index contributed by atoms with van der Waals surface area (Å²) in [4.78, 5) is 14.4. The van der Waals surface area contributed by atoms with Crippen LogP contribution in [0.25, 0.3) is 0 Å². The second kappa shape index (κ2) is 6.81. The molecule has 1 aromatic rings. The Morgan fingerprint density at radius 1 is 1.45 bits per heavy atom. The summed E-state index contributed by atoms with van der Waals surface area (Å²) >= 11 is 5.04. The summed E-state index contributed by atoms with van der Waals surface area (Å²) in [5.74, 6) is 0.0684. The summed E-state index contributed by atoms with van der Waals surface area (Å²) in [6.07, 6.45) is 2.78. The molecule has 1 aromatic carbocycles. The van der Waals surface area contributed by atoms with Gasteiger partial charge in [0.05, 0.1) is 11.5 Å². The van der Waals surface area contributed by atoms with Crippen LogP contribution in [0, 0.1) is 0 Å². The van der Waals surface area contributed by atoms with Crippen molar-refractivity contribution < 1.29 is 4.79 Å². The molecule has 3 N–H and O–H groups in total. The van der Waals surface area contributed by atoms with Crippen molar-refractivity contribution in [3.8, 4) is 0 Å². The van der Waals surface area contributed by atoms with Crippen molar-refractivity contribution in [1.82, 2.24) is 10.2 Å². The number of likely N-dealkylation sites (N-methyl/N-ethyl adjacent to an activating group) is 1. The third kappa shape index (κ3) is 4.58. The number of carbonyl (C=O) groups is 1. The van der Waals surface area contributed by atoms with Gasteiger partial charge in [-0.2, -0.15) is 0 Å². The van der Waals surface area contributed by atoms with E-state index in [-0.39, 0.29) is 11.9 Å². The van der Waals surface area contributed by atoms with E-state index in [1.807, 2.05) is 42.3 Å². The zero-order chi connectivity index (χ0) is 14.5. The Bertz CT molecular complexity index is 473. The van der Waals surface area contributed by atoms with Crippen LogP contribution in [0.2, 0.25) is 0 Å². The maximum atomic E-state index is 11.9. The van der Waals surface area contributed by atoms with E-state index in [4.69, 9.17) is 18.0 Å². The third-order valence-electron chi connectivity index (χ3n) is 3.45. The second-order valence-electron chi connectivity index (χ2n) is 5.35. The van der Waals surface area contributed by atoms with Crippen LogP contribution in [0.15, 0.2) is 30.3 Å². The zero-order valence-electron chi connectivity index (χ0n) is 11.7.